The number of nitriles is 1. The number of rotatable bonds is 7. The molecule has 0 saturated carbocycles. The Morgan fingerprint density at radius 3 is 2.39 bits per heavy atom. The average Bonchev–Trinajstić information content (AvgIpc) is 2.85. The van der Waals surface area contributed by atoms with Gasteiger partial charge in [0.1, 0.15) is 23.1 Å². The molecule has 0 spiro atoms. The van der Waals surface area contributed by atoms with Crippen molar-refractivity contribution in [2.24, 2.45) is 0 Å². The van der Waals surface area contributed by atoms with Gasteiger partial charge in [0.2, 0.25) is 0 Å². The first-order valence-corrected chi connectivity index (χ1v) is 11.2. The second kappa shape index (κ2) is 10.5. The zero-order chi connectivity index (χ0) is 23.0. The number of aryl methyl sites for hydroxylation is 2. The summed E-state index contributed by atoms with van der Waals surface area (Å²) < 4.78 is 5.78. The van der Waals surface area contributed by atoms with Gasteiger partial charge in [-0.25, -0.2) is 0 Å². The molecule has 2 N–H and O–H groups in total. The van der Waals surface area contributed by atoms with E-state index in [9.17, 15) is 10.1 Å². The molecule has 3 aromatic carbocycles. The van der Waals surface area contributed by atoms with E-state index in [0.717, 1.165) is 29.8 Å². The average molecular weight is 438 g/mol. The van der Waals surface area contributed by atoms with Crippen LogP contribution in [0, 0.1) is 11.3 Å². The Morgan fingerprint density at radius 1 is 0.970 bits per heavy atom. The largest absolute Gasteiger partial charge is 0.457 e. The molecule has 5 nitrogen and oxygen atoms in total. The Bertz CT molecular complexity index is 1180. The standard InChI is InChI=1S/C28H27N3O2/c1-20(22-12-11-21-7-5-6-8-23(21)17-22)31-28(32)24(18-29)19-30-25-13-15-27(16-14-25)33-26-9-3-2-4-10-26/h2-4,9-17,19-20,30H,5-8H2,1H3,(H,31,32)/b24-19-. The molecule has 33 heavy (non-hydrogen) atoms. The van der Waals surface area contributed by atoms with Crippen LogP contribution in [0.2, 0.25) is 0 Å². The second-order valence-electron chi connectivity index (χ2n) is 8.18. The summed E-state index contributed by atoms with van der Waals surface area (Å²) in [5, 5.41) is 15.4. The molecule has 0 fully saturated rings. The molecule has 0 aromatic heterocycles. The van der Waals surface area contributed by atoms with Gasteiger partial charge in [-0.15, -0.1) is 0 Å². The fraction of sp³-hybridized carbons (Fsp3) is 0.214. The molecular weight excluding hydrogens is 410 g/mol. The van der Waals surface area contributed by atoms with Gasteiger partial charge in [0.05, 0.1) is 6.04 Å². The summed E-state index contributed by atoms with van der Waals surface area (Å²) in [6, 6.07) is 25.1. The summed E-state index contributed by atoms with van der Waals surface area (Å²) in [5.41, 5.74) is 4.61. The van der Waals surface area contributed by atoms with Gasteiger partial charge in [0.25, 0.3) is 5.91 Å². The second-order valence-corrected chi connectivity index (χ2v) is 8.18. The van der Waals surface area contributed by atoms with Gasteiger partial charge >= 0.3 is 0 Å². The zero-order valence-electron chi connectivity index (χ0n) is 18.7. The third kappa shape index (κ3) is 5.81. The molecule has 0 saturated heterocycles. The van der Waals surface area contributed by atoms with Crippen molar-refractivity contribution in [2.75, 3.05) is 5.32 Å². The highest BCUT2D eigenvalue weighted by molar-refractivity contribution is 5.97. The molecule has 3 aromatic rings. The van der Waals surface area contributed by atoms with E-state index >= 15 is 0 Å². The predicted octanol–water partition coefficient (Wildman–Crippen LogP) is 6.05. The smallest absolute Gasteiger partial charge is 0.263 e. The SMILES string of the molecule is CC(NC(=O)/C(C#N)=C\Nc1ccc(Oc2ccccc2)cc1)c1ccc2c(c1)CCCC2. The van der Waals surface area contributed by atoms with E-state index in [-0.39, 0.29) is 11.6 Å². The summed E-state index contributed by atoms with van der Waals surface area (Å²) in [6.45, 7) is 1.94. The van der Waals surface area contributed by atoms with Crippen molar-refractivity contribution >= 4 is 11.6 Å². The number of benzene rings is 3. The van der Waals surface area contributed by atoms with Crippen LogP contribution in [0.25, 0.3) is 0 Å². The lowest BCUT2D eigenvalue weighted by atomic mass is 9.89. The maximum Gasteiger partial charge on any atom is 0.263 e. The molecular formula is C28H27N3O2. The zero-order valence-corrected chi connectivity index (χ0v) is 18.7. The number of fused-ring (bicyclic) bond motifs is 1. The van der Waals surface area contributed by atoms with E-state index in [1.807, 2.05) is 67.6 Å². The van der Waals surface area contributed by atoms with Crippen LogP contribution in [0.4, 0.5) is 5.69 Å². The molecule has 0 bridgehead atoms. The molecule has 1 unspecified atom stereocenters. The number of carbonyl (C=O) groups excluding carboxylic acids is 1. The fourth-order valence-electron chi connectivity index (χ4n) is 3.93. The lowest BCUT2D eigenvalue weighted by Crippen LogP contribution is -2.28. The van der Waals surface area contributed by atoms with Crippen LogP contribution in [0.5, 0.6) is 11.5 Å². The summed E-state index contributed by atoms with van der Waals surface area (Å²) in [4.78, 5) is 12.7. The monoisotopic (exact) mass is 437 g/mol. The van der Waals surface area contributed by atoms with Crippen LogP contribution < -0.4 is 15.4 Å². The first-order valence-electron chi connectivity index (χ1n) is 11.2. The van der Waals surface area contributed by atoms with Gasteiger partial charge in [0.15, 0.2) is 0 Å². The number of nitrogens with zero attached hydrogens (tertiary/aromatic N) is 1. The number of anilines is 1. The van der Waals surface area contributed by atoms with E-state index < -0.39 is 5.91 Å². The molecule has 0 aliphatic heterocycles. The molecule has 166 valence electrons. The Balaban J connectivity index is 1.36. The molecule has 5 heteroatoms. The van der Waals surface area contributed by atoms with Crippen molar-refractivity contribution in [3.63, 3.8) is 0 Å². The van der Waals surface area contributed by atoms with Crippen LogP contribution >= 0.6 is 0 Å². The normalized spacial score (nSPS) is 13.9. The van der Waals surface area contributed by atoms with Crippen molar-refractivity contribution in [2.45, 2.75) is 38.6 Å². The Hall–Kier alpha value is -4.04. The molecule has 1 aliphatic rings. The highest BCUT2D eigenvalue weighted by Crippen LogP contribution is 2.25. The highest BCUT2D eigenvalue weighted by atomic mass is 16.5. The van der Waals surface area contributed by atoms with E-state index in [4.69, 9.17) is 4.74 Å². The number of amides is 1. The van der Waals surface area contributed by atoms with Crippen molar-refractivity contribution in [3.8, 4) is 17.6 Å². The summed E-state index contributed by atoms with van der Waals surface area (Å²) in [6.07, 6.45) is 6.10. The van der Waals surface area contributed by atoms with E-state index in [2.05, 4.69) is 28.8 Å². The number of nitrogens with one attached hydrogen (secondary N) is 2. The van der Waals surface area contributed by atoms with Gasteiger partial charge in [-0.1, -0.05) is 36.4 Å². The van der Waals surface area contributed by atoms with E-state index in [1.165, 1.54) is 30.2 Å². The molecule has 0 heterocycles. The van der Waals surface area contributed by atoms with E-state index in [0.29, 0.717) is 5.75 Å². The topological polar surface area (TPSA) is 74.2 Å². The first-order chi connectivity index (χ1) is 16.1. The predicted molar refractivity (Wildman–Crippen MR) is 130 cm³/mol. The van der Waals surface area contributed by atoms with Crippen LogP contribution in [0.15, 0.2) is 84.6 Å². The lowest BCUT2D eigenvalue weighted by Gasteiger charge is -2.20. The fourth-order valence-corrected chi connectivity index (χ4v) is 3.93. The van der Waals surface area contributed by atoms with Crippen molar-refractivity contribution in [1.82, 2.24) is 5.32 Å². The van der Waals surface area contributed by atoms with Crippen LogP contribution in [-0.4, -0.2) is 5.91 Å². The summed E-state index contributed by atoms with van der Waals surface area (Å²) in [7, 11) is 0. The Kier molecular flexibility index (Phi) is 7.06. The minimum Gasteiger partial charge on any atom is -0.457 e. The van der Waals surface area contributed by atoms with Crippen LogP contribution in [0.3, 0.4) is 0 Å². The van der Waals surface area contributed by atoms with Gasteiger partial charge < -0.3 is 15.4 Å². The Morgan fingerprint density at radius 2 is 1.67 bits per heavy atom. The van der Waals surface area contributed by atoms with Crippen molar-refractivity contribution in [1.29, 1.82) is 5.26 Å². The number of hydrogen-bond acceptors (Lipinski definition) is 4. The molecule has 1 atom stereocenters. The van der Waals surface area contributed by atoms with E-state index in [1.54, 1.807) is 0 Å². The van der Waals surface area contributed by atoms with Gasteiger partial charge in [-0.2, -0.15) is 5.26 Å². The van der Waals surface area contributed by atoms with Crippen molar-refractivity contribution in [3.05, 3.63) is 101 Å². The minimum atomic E-state index is -0.403. The number of hydrogen-bond donors (Lipinski definition) is 2. The maximum absolute atomic E-state index is 12.7. The number of ether oxygens (including phenoxy) is 1. The molecule has 4 rings (SSSR count). The summed E-state index contributed by atoms with van der Waals surface area (Å²) in [5.74, 6) is 1.06. The molecule has 1 amide bonds. The van der Waals surface area contributed by atoms with Gasteiger partial charge in [0, 0.05) is 11.9 Å². The lowest BCUT2D eigenvalue weighted by molar-refractivity contribution is -0.117. The number of carbonyl (C=O) groups is 1. The summed E-state index contributed by atoms with van der Waals surface area (Å²) >= 11 is 0. The number of para-hydroxylation sites is 1. The quantitative estimate of drug-likeness (QED) is 0.348. The van der Waals surface area contributed by atoms with Crippen molar-refractivity contribution < 1.29 is 9.53 Å². The maximum atomic E-state index is 12.7. The van der Waals surface area contributed by atoms with Gasteiger partial charge in [-0.05, 0) is 85.7 Å². The Labute approximate surface area is 194 Å². The minimum absolute atomic E-state index is 0.0180. The first kappa shape index (κ1) is 22.2. The van der Waals surface area contributed by atoms with Crippen LogP contribution in [0.1, 0.15) is 42.5 Å². The molecule has 0 radical (unpaired) electrons. The third-order valence-electron chi connectivity index (χ3n) is 5.80. The highest BCUT2D eigenvalue weighted by Gasteiger charge is 2.16. The van der Waals surface area contributed by atoms with Gasteiger partial charge in [-0.3, -0.25) is 4.79 Å². The molecule has 1 aliphatic carbocycles. The van der Waals surface area contributed by atoms with Crippen LogP contribution in [-0.2, 0) is 17.6 Å². The third-order valence-corrected chi connectivity index (χ3v) is 5.80.